The number of nitrogens with two attached hydrogens (primary N) is 1. The van der Waals surface area contributed by atoms with Gasteiger partial charge in [-0.05, 0) is 24.9 Å². The van der Waals surface area contributed by atoms with Gasteiger partial charge in [0.25, 0.3) is 0 Å². The molecule has 0 aliphatic heterocycles. The standard InChI is InChI=1S/C10H18N2OS/c1-3-4-5-7-12-10(13)9(11)6-8-14-2/h1,9H,4-8,11H2,2H3,(H,12,13)/t9-/m1/s1. The highest BCUT2D eigenvalue weighted by Gasteiger charge is 2.11. The van der Waals surface area contributed by atoms with E-state index in [1.54, 1.807) is 11.8 Å². The highest BCUT2D eigenvalue weighted by molar-refractivity contribution is 7.98. The fourth-order valence-electron chi connectivity index (χ4n) is 0.909. The first-order chi connectivity index (χ1) is 6.72. The molecule has 0 aromatic rings. The molecule has 80 valence electrons. The van der Waals surface area contributed by atoms with Crippen LogP contribution in [0.15, 0.2) is 0 Å². The molecule has 0 aliphatic carbocycles. The average Bonchev–Trinajstić information content (AvgIpc) is 2.20. The van der Waals surface area contributed by atoms with E-state index in [9.17, 15) is 4.79 Å². The van der Waals surface area contributed by atoms with E-state index in [2.05, 4.69) is 11.2 Å². The van der Waals surface area contributed by atoms with Gasteiger partial charge in [0.15, 0.2) is 0 Å². The molecule has 0 rings (SSSR count). The zero-order valence-corrected chi connectivity index (χ0v) is 9.40. The van der Waals surface area contributed by atoms with Crippen molar-refractivity contribution in [1.82, 2.24) is 5.32 Å². The van der Waals surface area contributed by atoms with Gasteiger partial charge in [-0.1, -0.05) is 0 Å². The second-order valence-electron chi connectivity index (χ2n) is 2.99. The number of amides is 1. The summed E-state index contributed by atoms with van der Waals surface area (Å²) in [7, 11) is 0. The molecule has 0 aromatic carbocycles. The molecule has 1 amide bonds. The van der Waals surface area contributed by atoms with Crippen molar-refractivity contribution in [3.05, 3.63) is 0 Å². The summed E-state index contributed by atoms with van der Waals surface area (Å²) in [5.74, 6) is 3.36. The number of hydrogen-bond acceptors (Lipinski definition) is 3. The Morgan fingerprint density at radius 2 is 2.43 bits per heavy atom. The summed E-state index contributed by atoms with van der Waals surface area (Å²) in [4.78, 5) is 11.3. The summed E-state index contributed by atoms with van der Waals surface area (Å²) < 4.78 is 0. The molecule has 0 unspecified atom stereocenters. The summed E-state index contributed by atoms with van der Waals surface area (Å²) in [5.41, 5.74) is 5.65. The quantitative estimate of drug-likeness (QED) is 0.482. The van der Waals surface area contributed by atoms with Crippen LogP contribution in [0.25, 0.3) is 0 Å². The van der Waals surface area contributed by atoms with E-state index in [-0.39, 0.29) is 11.9 Å². The molecule has 0 heterocycles. The van der Waals surface area contributed by atoms with E-state index in [4.69, 9.17) is 12.2 Å². The minimum absolute atomic E-state index is 0.0731. The van der Waals surface area contributed by atoms with Crippen LogP contribution in [0.3, 0.4) is 0 Å². The van der Waals surface area contributed by atoms with Crippen molar-refractivity contribution in [3.63, 3.8) is 0 Å². The monoisotopic (exact) mass is 214 g/mol. The fraction of sp³-hybridized carbons (Fsp3) is 0.700. The molecule has 3 nitrogen and oxygen atoms in total. The van der Waals surface area contributed by atoms with Gasteiger partial charge >= 0.3 is 0 Å². The number of terminal acetylenes is 1. The third-order valence-corrected chi connectivity index (χ3v) is 2.41. The summed E-state index contributed by atoms with van der Waals surface area (Å²) >= 11 is 1.69. The van der Waals surface area contributed by atoms with Crippen LogP contribution in [0, 0.1) is 12.3 Å². The van der Waals surface area contributed by atoms with Crippen LogP contribution >= 0.6 is 11.8 Å². The molecule has 1 atom stereocenters. The number of rotatable bonds is 7. The lowest BCUT2D eigenvalue weighted by Crippen LogP contribution is -2.41. The maximum atomic E-state index is 11.3. The predicted molar refractivity (Wildman–Crippen MR) is 62.1 cm³/mol. The first-order valence-corrected chi connectivity index (χ1v) is 6.07. The van der Waals surface area contributed by atoms with Crippen LogP contribution < -0.4 is 11.1 Å². The zero-order chi connectivity index (χ0) is 10.8. The van der Waals surface area contributed by atoms with Gasteiger partial charge in [0.05, 0.1) is 6.04 Å². The van der Waals surface area contributed by atoms with E-state index < -0.39 is 0 Å². The maximum Gasteiger partial charge on any atom is 0.236 e. The van der Waals surface area contributed by atoms with Crippen LogP contribution in [0.5, 0.6) is 0 Å². The molecule has 0 aliphatic rings. The number of unbranched alkanes of at least 4 members (excludes halogenated alkanes) is 1. The van der Waals surface area contributed by atoms with Crippen molar-refractivity contribution in [2.45, 2.75) is 25.3 Å². The molecular formula is C10H18N2OS. The van der Waals surface area contributed by atoms with Crippen LogP contribution in [0.1, 0.15) is 19.3 Å². The smallest absolute Gasteiger partial charge is 0.236 e. The number of thioether (sulfide) groups is 1. The Morgan fingerprint density at radius 3 is 3.00 bits per heavy atom. The summed E-state index contributed by atoms with van der Waals surface area (Å²) in [6.07, 6.45) is 9.31. The maximum absolute atomic E-state index is 11.3. The summed E-state index contributed by atoms with van der Waals surface area (Å²) in [6, 6.07) is -0.381. The average molecular weight is 214 g/mol. The Bertz CT molecular complexity index is 201. The minimum atomic E-state index is -0.381. The van der Waals surface area contributed by atoms with Gasteiger partial charge < -0.3 is 11.1 Å². The van der Waals surface area contributed by atoms with Gasteiger partial charge in [-0.15, -0.1) is 12.3 Å². The van der Waals surface area contributed by atoms with Crippen molar-refractivity contribution < 1.29 is 4.79 Å². The van der Waals surface area contributed by atoms with Crippen LogP contribution in [-0.2, 0) is 4.79 Å². The van der Waals surface area contributed by atoms with Crippen molar-refractivity contribution in [2.75, 3.05) is 18.6 Å². The lowest BCUT2D eigenvalue weighted by atomic mass is 10.2. The van der Waals surface area contributed by atoms with Gasteiger partial charge in [0.2, 0.25) is 5.91 Å². The number of carbonyl (C=O) groups excluding carboxylic acids is 1. The Hall–Kier alpha value is -0.660. The number of nitrogens with one attached hydrogen (secondary N) is 1. The zero-order valence-electron chi connectivity index (χ0n) is 8.58. The molecule has 0 fully saturated rings. The molecule has 0 radical (unpaired) electrons. The summed E-state index contributed by atoms with van der Waals surface area (Å²) in [5, 5.41) is 2.76. The van der Waals surface area contributed by atoms with Crippen LogP contribution in [0.2, 0.25) is 0 Å². The van der Waals surface area contributed by atoms with Gasteiger partial charge in [-0.25, -0.2) is 0 Å². The Labute approximate surface area is 90.2 Å². The van der Waals surface area contributed by atoms with Crippen LogP contribution in [0.4, 0.5) is 0 Å². The third-order valence-electron chi connectivity index (χ3n) is 1.77. The number of carbonyl (C=O) groups is 1. The first kappa shape index (κ1) is 13.3. The molecule has 14 heavy (non-hydrogen) atoms. The van der Waals surface area contributed by atoms with Gasteiger partial charge in [-0.2, -0.15) is 11.8 Å². The lowest BCUT2D eigenvalue weighted by molar-refractivity contribution is -0.122. The molecule has 0 spiro atoms. The SMILES string of the molecule is C#CCCCNC(=O)[C@H](N)CCSC. The largest absolute Gasteiger partial charge is 0.355 e. The highest BCUT2D eigenvalue weighted by atomic mass is 32.2. The minimum Gasteiger partial charge on any atom is -0.355 e. The first-order valence-electron chi connectivity index (χ1n) is 4.68. The molecule has 3 N–H and O–H groups in total. The Kier molecular flexibility index (Phi) is 8.50. The normalized spacial score (nSPS) is 11.8. The fourth-order valence-corrected chi connectivity index (χ4v) is 1.40. The second kappa shape index (κ2) is 8.92. The number of hydrogen-bond donors (Lipinski definition) is 2. The molecule has 0 saturated heterocycles. The van der Waals surface area contributed by atoms with Crippen molar-refractivity contribution in [1.29, 1.82) is 0 Å². The predicted octanol–water partition coefficient (Wildman–Crippen LogP) is 0.596. The van der Waals surface area contributed by atoms with Crippen LogP contribution in [-0.4, -0.2) is 30.5 Å². The topological polar surface area (TPSA) is 55.1 Å². The molecule has 0 bridgehead atoms. The Balaban J connectivity index is 3.47. The molecule has 4 heteroatoms. The molecular weight excluding hydrogens is 196 g/mol. The van der Waals surface area contributed by atoms with E-state index in [0.717, 1.165) is 18.6 Å². The van der Waals surface area contributed by atoms with Crippen molar-refractivity contribution in [3.8, 4) is 12.3 Å². The molecule has 0 saturated carbocycles. The summed E-state index contributed by atoms with van der Waals surface area (Å²) in [6.45, 7) is 0.621. The highest BCUT2D eigenvalue weighted by Crippen LogP contribution is 1.98. The van der Waals surface area contributed by atoms with Crippen molar-refractivity contribution >= 4 is 17.7 Å². The van der Waals surface area contributed by atoms with E-state index in [0.29, 0.717) is 13.0 Å². The third kappa shape index (κ3) is 6.81. The van der Waals surface area contributed by atoms with Gasteiger partial charge in [-0.3, -0.25) is 4.79 Å². The van der Waals surface area contributed by atoms with Gasteiger partial charge in [0, 0.05) is 13.0 Å². The lowest BCUT2D eigenvalue weighted by Gasteiger charge is -2.10. The van der Waals surface area contributed by atoms with E-state index in [1.165, 1.54) is 0 Å². The van der Waals surface area contributed by atoms with Gasteiger partial charge in [0.1, 0.15) is 0 Å². The Morgan fingerprint density at radius 1 is 1.71 bits per heavy atom. The van der Waals surface area contributed by atoms with E-state index in [1.807, 2.05) is 6.26 Å². The van der Waals surface area contributed by atoms with E-state index >= 15 is 0 Å². The van der Waals surface area contributed by atoms with Crippen molar-refractivity contribution in [2.24, 2.45) is 5.73 Å². The second-order valence-corrected chi connectivity index (χ2v) is 3.97. The molecule has 0 aromatic heterocycles.